The van der Waals surface area contributed by atoms with Crippen LogP contribution >= 0.6 is 0 Å². The van der Waals surface area contributed by atoms with E-state index in [2.05, 4.69) is 30.1 Å². The maximum Gasteiger partial charge on any atom is 0.134 e. The van der Waals surface area contributed by atoms with Crippen LogP contribution < -0.4 is 0 Å². The van der Waals surface area contributed by atoms with Crippen molar-refractivity contribution < 1.29 is 4.79 Å². The van der Waals surface area contributed by atoms with Gasteiger partial charge in [-0.15, -0.1) is 0 Å². The standard InChI is InChI=1S/C15H17NO/c1-3-5-12-6-4-7-14-13(10-11(2)17)8-9-16-15(12)14/h4,6-9H,3,5,10H2,1-2H3. The SMILES string of the molecule is CCCc1cccc2c(CC(C)=O)ccnc12. The van der Waals surface area contributed by atoms with Crippen molar-refractivity contribution >= 4 is 16.7 Å². The van der Waals surface area contributed by atoms with E-state index in [-0.39, 0.29) is 5.78 Å². The number of Topliss-reactive ketones (excluding diaryl/α,β-unsaturated/α-hetero) is 1. The van der Waals surface area contributed by atoms with E-state index in [4.69, 9.17) is 0 Å². The third kappa shape index (κ3) is 2.52. The quantitative estimate of drug-likeness (QED) is 0.802. The molecule has 2 heteroatoms. The molecule has 0 saturated heterocycles. The minimum Gasteiger partial charge on any atom is -0.300 e. The average molecular weight is 227 g/mol. The summed E-state index contributed by atoms with van der Waals surface area (Å²) in [7, 11) is 0. The predicted molar refractivity (Wildman–Crippen MR) is 70.1 cm³/mol. The summed E-state index contributed by atoms with van der Waals surface area (Å²) in [5.41, 5.74) is 3.41. The molecule has 17 heavy (non-hydrogen) atoms. The molecule has 0 atom stereocenters. The third-order valence-corrected chi connectivity index (χ3v) is 2.90. The summed E-state index contributed by atoms with van der Waals surface area (Å²) < 4.78 is 0. The van der Waals surface area contributed by atoms with Gasteiger partial charge in [0.05, 0.1) is 5.52 Å². The van der Waals surface area contributed by atoms with Gasteiger partial charge in [0.15, 0.2) is 0 Å². The number of aromatic nitrogens is 1. The molecule has 1 aromatic heterocycles. The number of nitrogens with zero attached hydrogens (tertiary/aromatic N) is 1. The number of benzene rings is 1. The van der Waals surface area contributed by atoms with Gasteiger partial charge in [-0.3, -0.25) is 9.78 Å². The number of carbonyl (C=O) groups excluding carboxylic acids is 1. The highest BCUT2D eigenvalue weighted by molar-refractivity contribution is 5.89. The molecule has 0 aliphatic heterocycles. The lowest BCUT2D eigenvalue weighted by atomic mass is 10.00. The average Bonchev–Trinajstić information content (AvgIpc) is 2.30. The molecule has 0 radical (unpaired) electrons. The molecule has 2 rings (SSSR count). The Bertz CT molecular complexity index is 546. The van der Waals surface area contributed by atoms with Crippen LogP contribution in [-0.4, -0.2) is 10.8 Å². The minimum atomic E-state index is 0.193. The zero-order valence-electron chi connectivity index (χ0n) is 10.4. The summed E-state index contributed by atoms with van der Waals surface area (Å²) in [6.45, 7) is 3.79. The van der Waals surface area contributed by atoms with E-state index < -0.39 is 0 Å². The van der Waals surface area contributed by atoms with Crippen LogP contribution in [0.1, 0.15) is 31.4 Å². The molecular weight excluding hydrogens is 210 g/mol. The van der Waals surface area contributed by atoms with Crippen LogP contribution in [0.2, 0.25) is 0 Å². The Kier molecular flexibility index (Phi) is 3.52. The normalized spacial score (nSPS) is 10.7. The first kappa shape index (κ1) is 11.8. The van der Waals surface area contributed by atoms with Gasteiger partial charge in [-0.1, -0.05) is 31.5 Å². The fourth-order valence-electron chi connectivity index (χ4n) is 2.19. The van der Waals surface area contributed by atoms with Gasteiger partial charge < -0.3 is 0 Å². The van der Waals surface area contributed by atoms with Crippen molar-refractivity contribution in [2.75, 3.05) is 0 Å². The molecule has 1 heterocycles. The number of pyridine rings is 1. The highest BCUT2D eigenvalue weighted by Gasteiger charge is 2.07. The van der Waals surface area contributed by atoms with Crippen LogP contribution in [0.25, 0.3) is 10.9 Å². The number of rotatable bonds is 4. The first-order valence-corrected chi connectivity index (χ1v) is 6.07. The van der Waals surface area contributed by atoms with Gasteiger partial charge in [0.2, 0.25) is 0 Å². The summed E-state index contributed by atoms with van der Waals surface area (Å²) in [4.78, 5) is 15.7. The van der Waals surface area contributed by atoms with E-state index in [1.807, 2.05) is 6.07 Å². The molecular formula is C15H17NO. The fraction of sp³-hybridized carbons (Fsp3) is 0.333. The maximum atomic E-state index is 11.2. The Morgan fingerprint density at radius 3 is 2.76 bits per heavy atom. The second-order valence-electron chi connectivity index (χ2n) is 4.41. The first-order valence-electron chi connectivity index (χ1n) is 6.07. The molecule has 0 aliphatic carbocycles. The second kappa shape index (κ2) is 5.09. The van der Waals surface area contributed by atoms with Crippen LogP contribution in [0.4, 0.5) is 0 Å². The molecule has 2 nitrogen and oxygen atoms in total. The third-order valence-electron chi connectivity index (χ3n) is 2.90. The molecule has 0 spiro atoms. The lowest BCUT2D eigenvalue weighted by Gasteiger charge is -2.08. The topological polar surface area (TPSA) is 30.0 Å². The highest BCUT2D eigenvalue weighted by atomic mass is 16.1. The van der Waals surface area contributed by atoms with Gasteiger partial charge in [0.1, 0.15) is 5.78 Å². The summed E-state index contributed by atoms with van der Waals surface area (Å²) in [6.07, 6.45) is 4.44. The van der Waals surface area contributed by atoms with Crippen LogP contribution in [0.3, 0.4) is 0 Å². The molecule has 0 N–H and O–H groups in total. The number of carbonyl (C=O) groups is 1. The van der Waals surface area contributed by atoms with Gasteiger partial charge in [-0.05, 0) is 30.5 Å². The summed E-state index contributed by atoms with van der Waals surface area (Å²) in [5.74, 6) is 0.193. The van der Waals surface area contributed by atoms with E-state index in [9.17, 15) is 4.79 Å². The van der Waals surface area contributed by atoms with Gasteiger partial charge in [-0.2, -0.15) is 0 Å². The molecule has 1 aromatic carbocycles. The molecule has 0 unspecified atom stereocenters. The number of para-hydroxylation sites is 1. The van der Waals surface area contributed by atoms with E-state index in [1.54, 1.807) is 13.1 Å². The minimum absolute atomic E-state index is 0.193. The van der Waals surface area contributed by atoms with Crippen molar-refractivity contribution in [1.82, 2.24) is 4.98 Å². The van der Waals surface area contributed by atoms with Gasteiger partial charge in [-0.25, -0.2) is 0 Å². The van der Waals surface area contributed by atoms with Crippen molar-refractivity contribution in [3.63, 3.8) is 0 Å². The van der Waals surface area contributed by atoms with Gasteiger partial charge in [0.25, 0.3) is 0 Å². The second-order valence-corrected chi connectivity index (χ2v) is 4.41. The molecule has 0 amide bonds. The fourth-order valence-corrected chi connectivity index (χ4v) is 2.19. The predicted octanol–water partition coefficient (Wildman–Crippen LogP) is 3.32. The lowest BCUT2D eigenvalue weighted by Crippen LogP contribution is -1.99. The zero-order chi connectivity index (χ0) is 12.3. The smallest absolute Gasteiger partial charge is 0.134 e. The van der Waals surface area contributed by atoms with Crippen LogP contribution in [0.15, 0.2) is 30.5 Å². The summed E-state index contributed by atoms with van der Waals surface area (Å²) in [6, 6.07) is 8.17. The highest BCUT2D eigenvalue weighted by Crippen LogP contribution is 2.21. The Labute approximate surface area is 102 Å². The number of fused-ring (bicyclic) bond motifs is 1. The first-order chi connectivity index (χ1) is 8.22. The van der Waals surface area contributed by atoms with Crippen LogP contribution in [0.5, 0.6) is 0 Å². The van der Waals surface area contributed by atoms with Crippen LogP contribution in [-0.2, 0) is 17.6 Å². The van der Waals surface area contributed by atoms with E-state index in [0.29, 0.717) is 6.42 Å². The van der Waals surface area contributed by atoms with Gasteiger partial charge in [0, 0.05) is 18.0 Å². The lowest BCUT2D eigenvalue weighted by molar-refractivity contribution is -0.116. The summed E-state index contributed by atoms with van der Waals surface area (Å²) in [5, 5.41) is 1.12. The van der Waals surface area contributed by atoms with Crippen molar-refractivity contribution in [2.45, 2.75) is 33.1 Å². The Balaban J connectivity index is 2.57. The van der Waals surface area contributed by atoms with E-state index in [1.165, 1.54) is 5.56 Å². The maximum absolute atomic E-state index is 11.2. The Morgan fingerprint density at radius 1 is 1.24 bits per heavy atom. The molecule has 0 aliphatic rings. The largest absolute Gasteiger partial charge is 0.300 e. The molecule has 0 saturated carbocycles. The van der Waals surface area contributed by atoms with Crippen molar-refractivity contribution in [2.24, 2.45) is 0 Å². The van der Waals surface area contributed by atoms with Crippen molar-refractivity contribution in [3.05, 3.63) is 41.6 Å². The number of aryl methyl sites for hydroxylation is 1. The van der Waals surface area contributed by atoms with E-state index >= 15 is 0 Å². The zero-order valence-corrected chi connectivity index (χ0v) is 10.4. The molecule has 88 valence electrons. The van der Waals surface area contributed by atoms with Crippen LogP contribution in [0, 0.1) is 0 Å². The summed E-state index contributed by atoms with van der Waals surface area (Å²) >= 11 is 0. The monoisotopic (exact) mass is 227 g/mol. The number of hydrogen-bond acceptors (Lipinski definition) is 2. The Hall–Kier alpha value is -1.70. The molecule has 0 bridgehead atoms. The van der Waals surface area contributed by atoms with Gasteiger partial charge >= 0.3 is 0 Å². The molecule has 0 fully saturated rings. The molecule has 2 aromatic rings. The van der Waals surface area contributed by atoms with E-state index in [0.717, 1.165) is 29.3 Å². The van der Waals surface area contributed by atoms with Crippen molar-refractivity contribution in [1.29, 1.82) is 0 Å². The Morgan fingerprint density at radius 2 is 2.06 bits per heavy atom. The van der Waals surface area contributed by atoms with Crippen molar-refractivity contribution in [3.8, 4) is 0 Å². The number of ketones is 1. The number of hydrogen-bond donors (Lipinski definition) is 0.